The van der Waals surface area contributed by atoms with Gasteiger partial charge in [-0.2, -0.15) is 0 Å². The van der Waals surface area contributed by atoms with E-state index in [1.165, 1.54) is 12.1 Å². The number of anilines is 1. The summed E-state index contributed by atoms with van der Waals surface area (Å²) in [5.41, 5.74) is 7.53. The van der Waals surface area contributed by atoms with Crippen LogP contribution in [0.15, 0.2) is 24.8 Å². The fraction of sp³-hybridized carbons (Fsp3) is 0.526. The second-order valence-corrected chi connectivity index (χ2v) is 7.45. The molecule has 1 amide bonds. The molecule has 0 saturated carbocycles. The minimum Gasteiger partial charge on any atom is -0.444 e. The first-order valence-electron chi connectivity index (χ1n) is 8.37. The maximum Gasteiger partial charge on any atom is 0.410 e. The number of nitrogens with zero attached hydrogens (tertiary/aromatic N) is 1. The summed E-state index contributed by atoms with van der Waals surface area (Å²) in [4.78, 5) is 13.8. The summed E-state index contributed by atoms with van der Waals surface area (Å²) < 4.78 is 18.8. The number of rotatable bonds is 3. The fourth-order valence-corrected chi connectivity index (χ4v) is 2.94. The Hall–Kier alpha value is -2.04. The minimum atomic E-state index is -0.475. The second-order valence-electron chi connectivity index (χ2n) is 7.45. The Morgan fingerprint density at radius 3 is 2.58 bits per heavy atom. The maximum absolute atomic E-state index is 13.4. The van der Waals surface area contributed by atoms with Gasteiger partial charge < -0.3 is 15.4 Å². The molecular weight excluding hydrogens is 307 g/mol. The van der Waals surface area contributed by atoms with Gasteiger partial charge in [0.1, 0.15) is 11.4 Å². The van der Waals surface area contributed by atoms with Crippen molar-refractivity contribution in [3.63, 3.8) is 0 Å². The Morgan fingerprint density at radius 2 is 2.00 bits per heavy atom. The van der Waals surface area contributed by atoms with Crippen LogP contribution < -0.4 is 5.73 Å². The molecule has 1 aromatic rings. The number of hydrogen-bond donors (Lipinski definition) is 1. The number of carbonyl (C=O) groups excluding carboxylic acids is 1. The van der Waals surface area contributed by atoms with Crippen molar-refractivity contribution in [2.75, 3.05) is 18.8 Å². The van der Waals surface area contributed by atoms with Gasteiger partial charge in [0.15, 0.2) is 0 Å². The number of piperidine rings is 1. The molecule has 1 aliphatic heterocycles. The van der Waals surface area contributed by atoms with Crippen molar-refractivity contribution >= 4 is 17.4 Å². The highest BCUT2D eigenvalue weighted by molar-refractivity contribution is 5.73. The van der Waals surface area contributed by atoms with Gasteiger partial charge in [-0.1, -0.05) is 6.58 Å². The molecule has 2 N–H and O–H groups in total. The number of allylic oxidation sites excluding steroid dienone is 1. The van der Waals surface area contributed by atoms with E-state index in [1.807, 2.05) is 20.8 Å². The SMILES string of the molecule is C=C(CC1CCN(C(=O)OC(C)(C)C)CC1)c1cc(F)ccc1N. The van der Waals surface area contributed by atoms with E-state index < -0.39 is 5.60 Å². The van der Waals surface area contributed by atoms with Crippen LogP contribution >= 0.6 is 0 Å². The molecule has 1 saturated heterocycles. The molecule has 24 heavy (non-hydrogen) atoms. The van der Waals surface area contributed by atoms with Crippen molar-refractivity contribution in [3.8, 4) is 0 Å². The van der Waals surface area contributed by atoms with E-state index in [-0.39, 0.29) is 11.9 Å². The summed E-state index contributed by atoms with van der Waals surface area (Å²) in [7, 11) is 0. The molecule has 0 bridgehead atoms. The first-order chi connectivity index (χ1) is 11.2. The second kappa shape index (κ2) is 7.24. The van der Waals surface area contributed by atoms with Crippen LogP contribution in [0, 0.1) is 11.7 Å². The van der Waals surface area contributed by atoms with Crippen LogP contribution in [0.1, 0.15) is 45.6 Å². The number of likely N-dealkylation sites (tertiary alicyclic amines) is 1. The van der Waals surface area contributed by atoms with Gasteiger partial charge in [-0.25, -0.2) is 9.18 Å². The van der Waals surface area contributed by atoms with Crippen LogP contribution in [0.2, 0.25) is 0 Å². The number of amides is 1. The summed E-state index contributed by atoms with van der Waals surface area (Å²) in [5, 5.41) is 0. The Balaban J connectivity index is 1.88. The van der Waals surface area contributed by atoms with Crippen LogP contribution in [-0.2, 0) is 4.74 Å². The van der Waals surface area contributed by atoms with E-state index in [1.54, 1.807) is 11.0 Å². The maximum atomic E-state index is 13.4. The number of carbonyl (C=O) groups is 1. The lowest BCUT2D eigenvalue weighted by molar-refractivity contribution is 0.0186. The third-order valence-electron chi connectivity index (χ3n) is 4.20. The topological polar surface area (TPSA) is 55.6 Å². The van der Waals surface area contributed by atoms with E-state index in [0.717, 1.165) is 24.8 Å². The van der Waals surface area contributed by atoms with Gasteiger partial charge in [0.25, 0.3) is 0 Å². The Bertz CT molecular complexity index is 614. The molecule has 0 aromatic heterocycles. The van der Waals surface area contributed by atoms with E-state index in [2.05, 4.69) is 6.58 Å². The molecule has 1 aromatic carbocycles. The minimum absolute atomic E-state index is 0.255. The van der Waals surface area contributed by atoms with Gasteiger partial charge in [0.2, 0.25) is 0 Å². The molecule has 0 atom stereocenters. The normalized spacial score (nSPS) is 16.1. The van der Waals surface area contributed by atoms with E-state index in [0.29, 0.717) is 30.3 Å². The highest BCUT2D eigenvalue weighted by Crippen LogP contribution is 2.31. The smallest absolute Gasteiger partial charge is 0.410 e. The molecule has 4 nitrogen and oxygen atoms in total. The van der Waals surface area contributed by atoms with Gasteiger partial charge >= 0.3 is 6.09 Å². The zero-order valence-corrected chi connectivity index (χ0v) is 14.8. The number of nitrogen functional groups attached to an aromatic ring is 1. The van der Waals surface area contributed by atoms with E-state index in [4.69, 9.17) is 10.5 Å². The van der Waals surface area contributed by atoms with Crippen LogP contribution in [0.25, 0.3) is 5.57 Å². The third kappa shape index (κ3) is 4.98. The highest BCUT2D eigenvalue weighted by Gasteiger charge is 2.27. The van der Waals surface area contributed by atoms with Gasteiger partial charge in [0.05, 0.1) is 0 Å². The lowest BCUT2D eigenvalue weighted by Gasteiger charge is -2.33. The third-order valence-corrected chi connectivity index (χ3v) is 4.20. The fourth-order valence-electron chi connectivity index (χ4n) is 2.94. The van der Waals surface area contributed by atoms with Crippen LogP contribution in [-0.4, -0.2) is 29.7 Å². The molecule has 0 radical (unpaired) electrons. The zero-order chi connectivity index (χ0) is 17.9. The quantitative estimate of drug-likeness (QED) is 0.830. The van der Waals surface area contributed by atoms with Crippen molar-refractivity contribution in [1.82, 2.24) is 4.90 Å². The molecule has 2 rings (SSSR count). The Morgan fingerprint density at radius 1 is 1.38 bits per heavy atom. The molecule has 0 spiro atoms. The van der Waals surface area contributed by atoms with Crippen molar-refractivity contribution in [1.29, 1.82) is 0 Å². The molecule has 1 fully saturated rings. The predicted molar refractivity (Wildman–Crippen MR) is 95.0 cm³/mol. The summed E-state index contributed by atoms with van der Waals surface area (Å²) in [6.07, 6.45) is 2.27. The molecule has 5 heteroatoms. The Labute approximate surface area is 143 Å². The summed E-state index contributed by atoms with van der Waals surface area (Å²) >= 11 is 0. The number of nitrogens with two attached hydrogens (primary N) is 1. The highest BCUT2D eigenvalue weighted by atomic mass is 19.1. The van der Waals surface area contributed by atoms with Crippen molar-refractivity contribution in [2.45, 2.75) is 45.6 Å². The number of benzene rings is 1. The lowest BCUT2D eigenvalue weighted by Crippen LogP contribution is -2.41. The average Bonchev–Trinajstić information content (AvgIpc) is 2.48. The number of ether oxygens (including phenoxy) is 1. The summed E-state index contributed by atoms with van der Waals surface area (Å²) in [5.74, 6) is 0.110. The van der Waals surface area contributed by atoms with E-state index >= 15 is 0 Å². The van der Waals surface area contributed by atoms with E-state index in [9.17, 15) is 9.18 Å². The van der Waals surface area contributed by atoms with Crippen molar-refractivity contribution in [3.05, 3.63) is 36.2 Å². The average molecular weight is 334 g/mol. The molecule has 1 heterocycles. The van der Waals surface area contributed by atoms with Crippen LogP contribution in [0.4, 0.5) is 14.9 Å². The predicted octanol–water partition coefficient (Wildman–Crippen LogP) is 4.46. The first kappa shape index (κ1) is 18.3. The molecule has 0 unspecified atom stereocenters. The zero-order valence-electron chi connectivity index (χ0n) is 14.8. The largest absolute Gasteiger partial charge is 0.444 e. The first-order valence-corrected chi connectivity index (χ1v) is 8.37. The van der Waals surface area contributed by atoms with Crippen molar-refractivity contribution in [2.24, 2.45) is 5.92 Å². The molecule has 132 valence electrons. The van der Waals surface area contributed by atoms with Gasteiger partial charge in [-0.15, -0.1) is 0 Å². The Kier molecular flexibility index (Phi) is 5.52. The number of hydrogen-bond acceptors (Lipinski definition) is 3. The van der Waals surface area contributed by atoms with Crippen molar-refractivity contribution < 1.29 is 13.9 Å². The standard InChI is InChI=1S/C19H27FN2O2/c1-13(16-12-15(20)5-6-17(16)21)11-14-7-9-22(10-8-14)18(23)24-19(2,3)4/h5-6,12,14H,1,7-11,21H2,2-4H3. The van der Waals surface area contributed by atoms with Crippen LogP contribution in [0.3, 0.4) is 0 Å². The summed E-state index contributed by atoms with van der Waals surface area (Å²) in [6.45, 7) is 11.0. The number of halogens is 1. The molecule has 0 aliphatic carbocycles. The molecule has 1 aliphatic rings. The van der Waals surface area contributed by atoms with Crippen LogP contribution in [0.5, 0.6) is 0 Å². The monoisotopic (exact) mass is 334 g/mol. The lowest BCUT2D eigenvalue weighted by atomic mass is 9.88. The summed E-state index contributed by atoms with van der Waals surface area (Å²) in [6, 6.07) is 4.36. The van der Waals surface area contributed by atoms with Gasteiger partial charge in [0, 0.05) is 24.3 Å². The van der Waals surface area contributed by atoms with Gasteiger partial charge in [-0.3, -0.25) is 0 Å². The molecular formula is C19H27FN2O2. The van der Waals surface area contributed by atoms with Gasteiger partial charge in [-0.05, 0) is 69.7 Å².